The lowest BCUT2D eigenvalue weighted by Crippen LogP contribution is -2.08. The van der Waals surface area contributed by atoms with Crippen molar-refractivity contribution >= 4 is 22.9 Å². The Morgan fingerprint density at radius 2 is 2.16 bits per heavy atom. The lowest BCUT2D eigenvalue weighted by Gasteiger charge is -2.13. The highest BCUT2D eigenvalue weighted by Crippen LogP contribution is 2.28. The Morgan fingerprint density at radius 1 is 1.42 bits per heavy atom. The van der Waals surface area contributed by atoms with Gasteiger partial charge in [0.15, 0.2) is 0 Å². The van der Waals surface area contributed by atoms with Gasteiger partial charge in [0.25, 0.3) is 0 Å². The first kappa shape index (κ1) is 14.3. The molecule has 5 heteroatoms. The molecule has 19 heavy (non-hydrogen) atoms. The monoisotopic (exact) mass is 296 g/mol. The number of benzene rings is 1. The van der Waals surface area contributed by atoms with Gasteiger partial charge in [0.05, 0.1) is 5.69 Å². The third-order valence-electron chi connectivity index (χ3n) is 2.89. The largest absolute Gasteiger partial charge is 0.486 e. The SMILES string of the molecule is Cc1nc(COc2ccc(Cl)cc2[C@H](C)N)sc1C. The van der Waals surface area contributed by atoms with Crippen LogP contribution in [0.15, 0.2) is 18.2 Å². The summed E-state index contributed by atoms with van der Waals surface area (Å²) in [5, 5.41) is 1.64. The molecule has 0 bridgehead atoms. The molecule has 0 radical (unpaired) electrons. The number of nitrogens with two attached hydrogens (primary N) is 1. The lowest BCUT2D eigenvalue weighted by atomic mass is 10.1. The van der Waals surface area contributed by atoms with Gasteiger partial charge in [-0.1, -0.05) is 11.6 Å². The van der Waals surface area contributed by atoms with Gasteiger partial charge in [-0.15, -0.1) is 11.3 Å². The first-order chi connectivity index (χ1) is 8.97. The van der Waals surface area contributed by atoms with Crippen LogP contribution in [-0.2, 0) is 6.61 Å². The van der Waals surface area contributed by atoms with Crippen molar-refractivity contribution in [3.05, 3.63) is 44.4 Å². The molecule has 0 aliphatic carbocycles. The van der Waals surface area contributed by atoms with Crippen LogP contribution in [0.5, 0.6) is 5.75 Å². The number of thiazole rings is 1. The van der Waals surface area contributed by atoms with Gasteiger partial charge in [0.2, 0.25) is 0 Å². The Kier molecular flexibility index (Phi) is 4.45. The van der Waals surface area contributed by atoms with Gasteiger partial charge in [0, 0.05) is 21.5 Å². The third kappa shape index (κ3) is 3.47. The van der Waals surface area contributed by atoms with E-state index in [0.29, 0.717) is 11.6 Å². The highest BCUT2D eigenvalue weighted by molar-refractivity contribution is 7.11. The van der Waals surface area contributed by atoms with E-state index >= 15 is 0 Å². The minimum Gasteiger partial charge on any atom is -0.486 e. The molecule has 1 aromatic carbocycles. The second kappa shape index (κ2) is 5.90. The molecule has 1 aromatic heterocycles. The number of ether oxygens (including phenoxy) is 1. The summed E-state index contributed by atoms with van der Waals surface area (Å²) >= 11 is 7.64. The zero-order valence-corrected chi connectivity index (χ0v) is 12.8. The van der Waals surface area contributed by atoms with Crippen molar-refractivity contribution < 1.29 is 4.74 Å². The summed E-state index contributed by atoms with van der Waals surface area (Å²) in [7, 11) is 0. The topological polar surface area (TPSA) is 48.1 Å². The molecule has 0 saturated carbocycles. The predicted molar refractivity (Wildman–Crippen MR) is 80.0 cm³/mol. The van der Waals surface area contributed by atoms with E-state index in [9.17, 15) is 0 Å². The average molecular weight is 297 g/mol. The van der Waals surface area contributed by atoms with Crippen LogP contribution in [0.1, 0.15) is 34.1 Å². The first-order valence-electron chi connectivity index (χ1n) is 6.08. The van der Waals surface area contributed by atoms with Crippen molar-refractivity contribution in [1.29, 1.82) is 0 Å². The normalized spacial score (nSPS) is 12.5. The standard InChI is InChI=1S/C14H17ClN2OS/c1-8(16)12-6-11(15)4-5-13(12)18-7-14-17-9(2)10(3)19-14/h4-6,8H,7,16H2,1-3H3/t8-/m0/s1. The van der Waals surface area contributed by atoms with Gasteiger partial charge < -0.3 is 10.5 Å². The fraction of sp³-hybridized carbons (Fsp3) is 0.357. The van der Waals surface area contributed by atoms with Gasteiger partial charge in [-0.25, -0.2) is 4.98 Å². The third-order valence-corrected chi connectivity index (χ3v) is 4.17. The average Bonchev–Trinajstić information content (AvgIpc) is 2.67. The van der Waals surface area contributed by atoms with E-state index < -0.39 is 0 Å². The predicted octanol–water partition coefficient (Wildman–Crippen LogP) is 4.01. The van der Waals surface area contributed by atoms with Crippen molar-refractivity contribution in [3.63, 3.8) is 0 Å². The molecule has 2 N–H and O–H groups in total. The molecule has 0 saturated heterocycles. The van der Waals surface area contributed by atoms with E-state index in [2.05, 4.69) is 11.9 Å². The number of nitrogens with zero attached hydrogens (tertiary/aromatic N) is 1. The van der Waals surface area contributed by atoms with Gasteiger partial charge in [-0.3, -0.25) is 0 Å². The molecule has 102 valence electrons. The number of hydrogen-bond donors (Lipinski definition) is 1. The van der Waals surface area contributed by atoms with Crippen molar-refractivity contribution in [2.45, 2.75) is 33.4 Å². The smallest absolute Gasteiger partial charge is 0.140 e. The first-order valence-corrected chi connectivity index (χ1v) is 7.27. The molecule has 2 rings (SSSR count). The number of halogens is 1. The quantitative estimate of drug-likeness (QED) is 0.927. The van der Waals surface area contributed by atoms with Crippen LogP contribution in [0.3, 0.4) is 0 Å². The Morgan fingerprint density at radius 3 is 2.74 bits per heavy atom. The zero-order chi connectivity index (χ0) is 14.0. The number of hydrogen-bond acceptors (Lipinski definition) is 4. The molecule has 0 aliphatic heterocycles. The molecule has 1 atom stereocenters. The van der Waals surface area contributed by atoms with Crippen molar-refractivity contribution in [1.82, 2.24) is 4.98 Å². The zero-order valence-electron chi connectivity index (χ0n) is 11.2. The summed E-state index contributed by atoms with van der Waals surface area (Å²) in [4.78, 5) is 5.68. The number of rotatable bonds is 4. The minimum atomic E-state index is -0.117. The van der Waals surface area contributed by atoms with Crippen LogP contribution >= 0.6 is 22.9 Å². The van der Waals surface area contributed by atoms with Crippen molar-refractivity contribution in [2.75, 3.05) is 0 Å². The maximum atomic E-state index is 5.98. The second-order valence-corrected chi connectivity index (χ2v) is 6.23. The van der Waals surface area contributed by atoms with Gasteiger partial charge >= 0.3 is 0 Å². The summed E-state index contributed by atoms with van der Waals surface area (Å²) in [6.07, 6.45) is 0. The molecular weight excluding hydrogens is 280 g/mol. The van der Waals surface area contributed by atoms with E-state index in [-0.39, 0.29) is 6.04 Å². The van der Waals surface area contributed by atoms with Gasteiger partial charge in [0.1, 0.15) is 17.4 Å². The minimum absolute atomic E-state index is 0.117. The summed E-state index contributed by atoms with van der Waals surface area (Å²) in [5.41, 5.74) is 7.91. The molecule has 2 aromatic rings. The van der Waals surface area contributed by atoms with Crippen LogP contribution in [-0.4, -0.2) is 4.98 Å². The van der Waals surface area contributed by atoms with E-state index in [0.717, 1.165) is 22.0 Å². The van der Waals surface area contributed by atoms with Crippen LogP contribution in [0.4, 0.5) is 0 Å². The molecule has 0 unspecified atom stereocenters. The highest BCUT2D eigenvalue weighted by Gasteiger charge is 2.10. The molecule has 0 amide bonds. The van der Waals surface area contributed by atoms with Gasteiger partial charge in [-0.2, -0.15) is 0 Å². The summed E-state index contributed by atoms with van der Waals surface area (Å²) < 4.78 is 5.82. The molecule has 0 spiro atoms. The Hall–Kier alpha value is -1.10. The van der Waals surface area contributed by atoms with Crippen molar-refractivity contribution in [3.8, 4) is 5.75 Å². The van der Waals surface area contributed by atoms with Crippen LogP contribution in [0, 0.1) is 13.8 Å². The maximum Gasteiger partial charge on any atom is 0.140 e. The molecular formula is C14H17ClN2OS. The summed E-state index contributed by atoms with van der Waals surface area (Å²) in [6.45, 7) is 6.44. The fourth-order valence-electron chi connectivity index (χ4n) is 1.75. The van der Waals surface area contributed by atoms with Crippen LogP contribution < -0.4 is 10.5 Å². The fourth-order valence-corrected chi connectivity index (χ4v) is 2.77. The Bertz CT molecular complexity index is 561. The molecule has 1 heterocycles. The van der Waals surface area contributed by atoms with Crippen LogP contribution in [0.2, 0.25) is 5.02 Å². The Balaban J connectivity index is 2.15. The van der Waals surface area contributed by atoms with E-state index in [1.54, 1.807) is 17.4 Å². The van der Waals surface area contributed by atoms with E-state index in [4.69, 9.17) is 22.1 Å². The number of aryl methyl sites for hydroxylation is 2. The second-order valence-electron chi connectivity index (χ2n) is 4.51. The highest BCUT2D eigenvalue weighted by atomic mass is 35.5. The maximum absolute atomic E-state index is 5.98. The molecule has 0 fully saturated rings. The lowest BCUT2D eigenvalue weighted by molar-refractivity contribution is 0.300. The van der Waals surface area contributed by atoms with E-state index in [1.165, 1.54) is 4.88 Å². The van der Waals surface area contributed by atoms with E-state index in [1.807, 2.05) is 26.0 Å². The van der Waals surface area contributed by atoms with Gasteiger partial charge in [-0.05, 0) is 39.0 Å². The summed E-state index contributed by atoms with van der Waals surface area (Å²) in [5.74, 6) is 0.768. The number of aromatic nitrogens is 1. The summed E-state index contributed by atoms with van der Waals surface area (Å²) in [6, 6.07) is 5.39. The Labute approximate surface area is 122 Å². The molecule has 3 nitrogen and oxygen atoms in total. The van der Waals surface area contributed by atoms with Crippen LogP contribution in [0.25, 0.3) is 0 Å². The molecule has 0 aliphatic rings. The van der Waals surface area contributed by atoms with Crippen molar-refractivity contribution in [2.24, 2.45) is 5.73 Å².